The average Bonchev–Trinajstić information content (AvgIpc) is 3.61. The summed E-state index contributed by atoms with van der Waals surface area (Å²) >= 11 is 0. The van der Waals surface area contributed by atoms with Crippen LogP contribution in [0, 0.1) is 6.92 Å². The second kappa shape index (κ2) is 15.6. The number of unbranched alkanes of at least 4 members (excludes halogenated alkanes) is 1. The summed E-state index contributed by atoms with van der Waals surface area (Å²) in [5.41, 5.74) is 8.75. The second-order valence-corrected chi connectivity index (χ2v) is 15.6. The molecule has 8 nitrogen and oxygen atoms in total. The van der Waals surface area contributed by atoms with Crippen molar-refractivity contribution >= 4 is 29.3 Å². The standard InChI is InChI=1S/C50H44N2O6/c1-32-8-10-34(11-9-32)29-35-12-19-38(20-13-35)52-48(55)43-26-14-33(30-44(43)49(52)56)7-5-6-28-57-39-21-15-36(16-22-39)50(2,3)37-17-23-40(24-18-37)58-41-25-27-42-45(31-41)47(54)51(4)46(42)53/h8-27,30-31H,5-7,28-29H2,1-4H3. The van der Waals surface area contributed by atoms with Gasteiger partial charge in [-0.15, -0.1) is 0 Å². The lowest BCUT2D eigenvalue weighted by Crippen LogP contribution is -2.29. The van der Waals surface area contributed by atoms with Gasteiger partial charge in [-0.1, -0.05) is 86.1 Å². The van der Waals surface area contributed by atoms with Crippen LogP contribution >= 0.6 is 0 Å². The Morgan fingerprint density at radius 2 is 1.03 bits per heavy atom. The van der Waals surface area contributed by atoms with E-state index in [9.17, 15) is 19.2 Å². The Bertz CT molecular complexity index is 2540. The number of ether oxygens (including phenoxy) is 2. The van der Waals surface area contributed by atoms with E-state index in [2.05, 4.69) is 57.2 Å². The molecule has 0 saturated carbocycles. The van der Waals surface area contributed by atoms with Gasteiger partial charge in [-0.05, 0) is 127 Å². The number of rotatable bonds is 13. The smallest absolute Gasteiger partial charge is 0.266 e. The minimum absolute atomic E-state index is 0.284. The van der Waals surface area contributed by atoms with E-state index in [1.165, 1.54) is 23.1 Å². The summed E-state index contributed by atoms with van der Waals surface area (Å²) < 4.78 is 12.1. The Morgan fingerprint density at radius 1 is 0.517 bits per heavy atom. The molecule has 0 saturated heterocycles. The summed E-state index contributed by atoms with van der Waals surface area (Å²) in [5, 5.41) is 0. The van der Waals surface area contributed by atoms with Crippen molar-refractivity contribution in [3.8, 4) is 17.2 Å². The minimum Gasteiger partial charge on any atom is -0.494 e. The Hall–Kier alpha value is -6.80. The van der Waals surface area contributed by atoms with Gasteiger partial charge in [0, 0.05) is 12.5 Å². The maximum Gasteiger partial charge on any atom is 0.266 e. The molecule has 0 fully saturated rings. The number of carbonyl (C=O) groups is 4. The Balaban J connectivity index is 0.807. The van der Waals surface area contributed by atoms with Gasteiger partial charge < -0.3 is 9.47 Å². The molecular formula is C50H44N2O6. The molecule has 0 aliphatic carbocycles. The monoisotopic (exact) mass is 768 g/mol. The molecule has 0 aromatic heterocycles. The molecular weight excluding hydrogens is 725 g/mol. The van der Waals surface area contributed by atoms with Crippen LogP contribution in [0.15, 0.2) is 133 Å². The van der Waals surface area contributed by atoms with Gasteiger partial charge in [-0.2, -0.15) is 0 Å². The topological polar surface area (TPSA) is 93.2 Å². The minimum atomic E-state index is -0.329. The first kappa shape index (κ1) is 38.1. The number of anilines is 1. The van der Waals surface area contributed by atoms with E-state index in [1.807, 2.05) is 72.8 Å². The van der Waals surface area contributed by atoms with Crippen molar-refractivity contribution in [3.05, 3.63) is 189 Å². The van der Waals surface area contributed by atoms with E-state index in [4.69, 9.17) is 9.47 Å². The van der Waals surface area contributed by atoms with Crippen molar-refractivity contribution in [2.24, 2.45) is 0 Å². The van der Waals surface area contributed by atoms with Crippen LogP contribution in [-0.2, 0) is 18.3 Å². The predicted octanol–water partition coefficient (Wildman–Crippen LogP) is 10.1. The first-order valence-corrected chi connectivity index (χ1v) is 19.6. The Labute approximate surface area is 338 Å². The number of nitrogens with zero attached hydrogens (tertiary/aromatic N) is 2. The molecule has 0 N–H and O–H groups in total. The number of hydrogen-bond donors (Lipinski definition) is 0. The van der Waals surface area contributed by atoms with E-state index in [1.54, 1.807) is 24.3 Å². The van der Waals surface area contributed by atoms with Crippen LogP contribution in [0.2, 0.25) is 0 Å². The van der Waals surface area contributed by atoms with E-state index in [0.29, 0.717) is 46.0 Å². The summed E-state index contributed by atoms with van der Waals surface area (Å²) in [7, 11) is 1.48. The molecule has 58 heavy (non-hydrogen) atoms. The molecule has 2 aliphatic rings. The highest BCUT2D eigenvalue weighted by Gasteiger charge is 2.37. The van der Waals surface area contributed by atoms with Gasteiger partial charge in [-0.3, -0.25) is 24.1 Å². The van der Waals surface area contributed by atoms with E-state index >= 15 is 0 Å². The Kier molecular flexibility index (Phi) is 10.3. The molecule has 8 rings (SSSR count). The number of aryl methyl sites for hydroxylation is 2. The van der Waals surface area contributed by atoms with Crippen molar-refractivity contribution in [1.82, 2.24) is 4.90 Å². The number of benzene rings is 6. The third-order valence-electron chi connectivity index (χ3n) is 11.3. The predicted molar refractivity (Wildman–Crippen MR) is 224 cm³/mol. The van der Waals surface area contributed by atoms with E-state index in [0.717, 1.165) is 58.6 Å². The van der Waals surface area contributed by atoms with Crippen LogP contribution < -0.4 is 14.4 Å². The normalized spacial score (nSPS) is 13.6. The molecule has 0 radical (unpaired) electrons. The average molecular weight is 769 g/mol. The molecule has 6 aromatic rings. The van der Waals surface area contributed by atoms with Gasteiger partial charge in [0.25, 0.3) is 23.6 Å². The van der Waals surface area contributed by atoms with Crippen LogP contribution in [0.25, 0.3) is 0 Å². The zero-order valence-electron chi connectivity index (χ0n) is 33.1. The van der Waals surface area contributed by atoms with Gasteiger partial charge in [0.1, 0.15) is 17.2 Å². The van der Waals surface area contributed by atoms with E-state index in [-0.39, 0.29) is 29.0 Å². The molecule has 0 unspecified atom stereocenters. The molecule has 8 heteroatoms. The molecule has 0 atom stereocenters. The largest absolute Gasteiger partial charge is 0.494 e. The summed E-state index contributed by atoms with van der Waals surface area (Å²) in [6.45, 7) is 6.97. The number of amides is 4. The summed E-state index contributed by atoms with van der Waals surface area (Å²) in [5.74, 6) is 0.721. The number of hydrogen-bond acceptors (Lipinski definition) is 6. The molecule has 290 valence electrons. The quantitative estimate of drug-likeness (QED) is 0.0858. The van der Waals surface area contributed by atoms with Crippen LogP contribution in [0.4, 0.5) is 5.69 Å². The van der Waals surface area contributed by atoms with Crippen molar-refractivity contribution in [2.45, 2.75) is 51.9 Å². The first-order chi connectivity index (χ1) is 28.0. The lowest BCUT2D eigenvalue weighted by Gasteiger charge is -2.26. The van der Waals surface area contributed by atoms with Crippen LogP contribution in [0.1, 0.15) is 102 Å². The molecule has 0 spiro atoms. The highest BCUT2D eigenvalue weighted by atomic mass is 16.5. The highest BCUT2D eigenvalue weighted by Crippen LogP contribution is 2.35. The van der Waals surface area contributed by atoms with Crippen molar-refractivity contribution in [3.63, 3.8) is 0 Å². The van der Waals surface area contributed by atoms with Gasteiger partial charge >= 0.3 is 0 Å². The lowest BCUT2D eigenvalue weighted by atomic mass is 9.78. The van der Waals surface area contributed by atoms with Gasteiger partial charge in [-0.25, -0.2) is 4.90 Å². The zero-order chi connectivity index (χ0) is 40.6. The lowest BCUT2D eigenvalue weighted by molar-refractivity contribution is 0.0692. The second-order valence-electron chi connectivity index (χ2n) is 15.6. The van der Waals surface area contributed by atoms with Gasteiger partial charge in [0.2, 0.25) is 0 Å². The number of fused-ring (bicyclic) bond motifs is 2. The Morgan fingerprint density at radius 3 is 1.71 bits per heavy atom. The summed E-state index contributed by atoms with van der Waals surface area (Å²) in [6, 6.07) is 42.7. The molecule has 4 amide bonds. The highest BCUT2D eigenvalue weighted by molar-refractivity contribution is 6.34. The zero-order valence-corrected chi connectivity index (χ0v) is 33.1. The maximum atomic E-state index is 13.5. The summed E-state index contributed by atoms with van der Waals surface area (Å²) in [4.78, 5) is 53.8. The van der Waals surface area contributed by atoms with Crippen molar-refractivity contribution in [2.75, 3.05) is 18.6 Å². The fraction of sp³-hybridized carbons (Fsp3) is 0.200. The SMILES string of the molecule is Cc1ccc(Cc2ccc(N3C(=O)c4ccc(CCCCOc5ccc(C(C)(C)c6ccc(Oc7ccc8c(c7)C(=O)N(C)C8=O)cc6)cc5)cc4C3=O)cc2)cc1. The number of carbonyl (C=O) groups excluding carboxylic acids is 4. The van der Waals surface area contributed by atoms with Gasteiger partial charge in [0.15, 0.2) is 0 Å². The first-order valence-electron chi connectivity index (χ1n) is 19.6. The molecule has 2 heterocycles. The van der Waals surface area contributed by atoms with E-state index < -0.39 is 0 Å². The van der Waals surface area contributed by atoms with Gasteiger partial charge in [0.05, 0.1) is 34.5 Å². The van der Waals surface area contributed by atoms with Crippen LogP contribution in [0.3, 0.4) is 0 Å². The van der Waals surface area contributed by atoms with Crippen molar-refractivity contribution in [1.29, 1.82) is 0 Å². The third kappa shape index (κ3) is 7.53. The van der Waals surface area contributed by atoms with Crippen LogP contribution in [0.5, 0.6) is 17.2 Å². The molecule has 2 aliphatic heterocycles. The van der Waals surface area contributed by atoms with Crippen LogP contribution in [-0.4, -0.2) is 42.2 Å². The maximum absolute atomic E-state index is 13.5. The third-order valence-corrected chi connectivity index (χ3v) is 11.3. The fourth-order valence-electron chi connectivity index (χ4n) is 7.62. The molecule has 0 bridgehead atoms. The fourth-order valence-corrected chi connectivity index (χ4v) is 7.62. The summed E-state index contributed by atoms with van der Waals surface area (Å²) in [6.07, 6.45) is 3.27. The molecule has 6 aromatic carbocycles. The van der Waals surface area contributed by atoms with Crippen molar-refractivity contribution < 1.29 is 28.7 Å². The number of imide groups is 2.